The van der Waals surface area contributed by atoms with Gasteiger partial charge in [-0.1, -0.05) is 24.3 Å². The molecule has 2 unspecified atom stereocenters. The Morgan fingerprint density at radius 2 is 1.92 bits per heavy atom. The molecule has 1 aliphatic carbocycles. The van der Waals surface area contributed by atoms with Gasteiger partial charge >= 0.3 is 6.18 Å². The number of fused-ring (bicyclic) bond motifs is 1. The fourth-order valence-corrected chi connectivity index (χ4v) is 4.52. The van der Waals surface area contributed by atoms with Gasteiger partial charge in [0, 0.05) is 23.5 Å². The van der Waals surface area contributed by atoms with Crippen molar-refractivity contribution in [3.05, 3.63) is 88.9 Å². The van der Waals surface area contributed by atoms with Gasteiger partial charge < -0.3 is 15.0 Å². The van der Waals surface area contributed by atoms with Crippen LogP contribution in [0.3, 0.4) is 0 Å². The van der Waals surface area contributed by atoms with Gasteiger partial charge in [0.05, 0.1) is 17.5 Å². The third-order valence-corrected chi connectivity index (χ3v) is 6.34. The van der Waals surface area contributed by atoms with E-state index >= 15 is 0 Å². The zero-order valence-electron chi connectivity index (χ0n) is 19.7. The molecule has 194 valence electrons. The number of rotatable bonds is 6. The van der Waals surface area contributed by atoms with Crippen LogP contribution in [-0.4, -0.2) is 40.5 Å². The van der Waals surface area contributed by atoms with E-state index in [2.05, 4.69) is 10.3 Å². The second kappa shape index (κ2) is 9.78. The molecule has 1 aromatic heterocycles. The molecule has 1 N–H and O–H groups in total. The lowest BCUT2D eigenvalue weighted by Gasteiger charge is -2.41. The number of alkyl halides is 3. The van der Waals surface area contributed by atoms with Crippen LogP contribution in [0.4, 0.5) is 23.2 Å². The second-order valence-corrected chi connectivity index (χ2v) is 9.10. The van der Waals surface area contributed by atoms with Crippen molar-refractivity contribution in [2.45, 2.75) is 37.1 Å². The van der Waals surface area contributed by atoms with Gasteiger partial charge in [-0.3, -0.25) is 9.59 Å². The Labute approximate surface area is 214 Å². The van der Waals surface area contributed by atoms with Crippen LogP contribution >= 0.6 is 0 Å². The van der Waals surface area contributed by atoms with Gasteiger partial charge in [0.25, 0.3) is 5.91 Å². The molecule has 1 aliphatic heterocycles. The van der Waals surface area contributed by atoms with Crippen molar-refractivity contribution < 1.29 is 31.9 Å². The molecule has 0 spiro atoms. The predicted molar refractivity (Wildman–Crippen MR) is 127 cm³/mol. The van der Waals surface area contributed by atoms with Crippen molar-refractivity contribution in [1.29, 1.82) is 5.26 Å². The molecule has 0 radical (unpaired) electrons. The summed E-state index contributed by atoms with van der Waals surface area (Å²) in [4.78, 5) is 31.8. The quantitative estimate of drug-likeness (QED) is 0.452. The lowest BCUT2D eigenvalue weighted by molar-refractivity contribution is -0.148. The summed E-state index contributed by atoms with van der Waals surface area (Å²) >= 11 is 0. The fourth-order valence-electron chi connectivity index (χ4n) is 4.52. The van der Waals surface area contributed by atoms with E-state index in [-0.39, 0.29) is 39.9 Å². The molecule has 2 amide bonds. The van der Waals surface area contributed by atoms with Crippen molar-refractivity contribution in [3.8, 4) is 11.9 Å². The third-order valence-electron chi connectivity index (χ3n) is 6.34. The maximum absolute atomic E-state index is 13.8. The number of benzene rings is 2. The number of aromatic nitrogens is 1. The number of anilines is 1. The van der Waals surface area contributed by atoms with Crippen LogP contribution < -0.4 is 10.1 Å². The van der Waals surface area contributed by atoms with Crippen molar-refractivity contribution in [1.82, 2.24) is 9.88 Å². The zero-order chi connectivity index (χ0) is 27.0. The minimum Gasteiger partial charge on any atom is -0.474 e. The molecule has 7 nitrogen and oxygen atoms in total. The highest BCUT2D eigenvalue weighted by Gasteiger charge is 2.48. The molecule has 1 fully saturated rings. The number of halogens is 4. The smallest absolute Gasteiger partial charge is 0.406 e. The summed E-state index contributed by atoms with van der Waals surface area (Å²) < 4.78 is 60.5. The van der Waals surface area contributed by atoms with Crippen LogP contribution in [0, 0.1) is 17.1 Å². The van der Waals surface area contributed by atoms with Gasteiger partial charge in [0.15, 0.2) is 0 Å². The summed E-state index contributed by atoms with van der Waals surface area (Å²) in [5.41, 5.74) is 0.172. The molecule has 38 heavy (non-hydrogen) atoms. The normalized spacial score (nSPS) is 18.9. The minimum atomic E-state index is -4.75. The SMILES string of the molecule is N#Cc1cc(NC(=O)C2c3ccccc3C(=O)N(CC(F)(F)F)C2c2ccc(OC3CC3)nc2)ccc1F. The minimum absolute atomic E-state index is 0.0355. The topological polar surface area (TPSA) is 95.3 Å². The Hall–Kier alpha value is -4.46. The maximum atomic E-state index is 13.8. The molecule has 1 saturated carbocycles. The number of nitrogens with one attached hydrogen (secondary N) is 1. The second-order valence-electron chi connectivity index (χ2n) is 9.10. The lowest BCUT2D eigenvalue weighted by Crippen LogP contribution is -2.49. The van der Waals surface area contributed by atoms with Crippen LogP contribution in [0.2, 0.25) is 0 Å². The van der Waals surface area contributed by atoms with Gasteiger partial charge in [0.2, 0.25) is 11.8 Å². The summed E-state index contributed by atoms with van der Waals surface area (Å²) in [6.45, 7) is -1.59. The number of nitrogens with zero attached hydrogens (tertiary/aromatic N) is 3. The highest BCUT2D eigenvalue weighted by molar-refractivity contribution is 6.04. The highest BCUT2D eigenvalue weighted by Crippen LogP contribution is 2.44. The first kappa shape index (κ1) is 25.2. The molecular weight excluding hydrogens is 504 g/mol. The van der Waals surface area contributed by atoms with E-state index in [4.69, 9.17) is 10.00 Å². The first-order valence-corrected chi connectivity index (χ1v) is 11.7. The highest BCUT2D eigenvalue weighted by atomic mass is 19.4. The standard InChI is InChI=1S/C27H20F4N4O3/c28-21-9-6-17(11-16(21)12-32)34-25(36)23-19-3-1-2-4-20(19)26(37)35(14-27(29,30)31)24(23)15-5-10-22(33-13-15)38-18-7-8-18/h1-6,9-11,13,18,23-24H,7-8,14H2,(H,34,36). The Kier molecular flexibility index (Phi) is 6.48. The first-order valence-electron chi connectivity index (χ1n) is 11.7. The molecule has 0 bridgehead atoms. The van der Waals surface area contributed by atoms with E-state index in [0.29, 0.717) is 4.90 Å². The average Bonchev–Trinajstić information content (AvgIpc) is 3.70. The number of ether oxygens (including phenoxy) is 1. The third kappa shape index (κ3) is 5.16. The predicted octanol–water partition coefficient (Wildman–Crippen LogP) is 5.12. The van der Waals surface area contributed by atoms with Crippen LogP contribution in [0.25, 0.3) is 0 Å². The first-order chi connectivity index (χ1) is 18.1. The molecule has 2 atom stereocenters. The molecule has 3 aromatic rings. The lowest BCUT2D eigenvalue weighted by atomic mass is 9.79. The van der Waals surface area contributed by atoms with Crippen LogP contribution in [-0.2, 0) is 4.79 Å². The number of pyridine rings is 1. The van der Waals surface area contributed by atoms with Gasteiger partial charge in [-0.2, -0.15) is 18.4 Å². The van der Waals surface area contributed by atoms with Crippen molar-refractivity contribution >= 4 is 17.5 Å². The van der Waals surface area contributed by atoms with E-state index in [9.17, 15) is 27.2 Å². The Morgan fingerprint density at radius 1 is 1.16 bits per heavy atom. The summed E-state index contributed by atoms with van der Waals surface area (Å²) in [6, 6.07) is 12.6. The van der Waals surface area contributed by atoms with Crippen molar-refractivity contribution in [2.75, 3.05) is 11.9 Å². The molecule has 2 aromatic carbocycles. The van der Waals surface area contributed by atoms with Gasteiger partial charge in [-0.05, 0) is 48.2 Å². The Bertz CT molecular complexity index is 1430. The summed E-state index contributed by atoms with van der Waals surface area (Å²) in [7, 11) is 0. The van der Waals surface area contributed by atoms with E-state index in [0.717, 1.165) is 25.0 Å². The number of carbonyl (C=O) groups is 2. The Balaban J connectivity index is 1.59. The number of nitriles is 1. The van der Waals surface area contributed by atoms with Gasteiger partial charge in [0.1, 0.15) is 24.5 Å². The number of carbonyl (C=O) groups excluding carboxylic acids is 2. The number of hydrogen-bond donors (Lipinski definition) is 1. The summed E-state index contributed by atoms with van der Waals surface area (Å²) in [6.07, 6.45) is -1.63. The maximum Gasteiger partial charge on any atom is 0.406 e. The summed E-state index contributed by atoms with van der Waals surface area (Å²) in [5.74, 6) is -3.39. The van der Waals surface area contributed by atoms with Crippen LogP contribution in [0.1, 0.15) is 51.8 Å². The number of hydrogen-bond acceptors (Lipinski definition) is 5. The van der Waals surface area contributed by atoms with E-state index in [1.54, 1.807) is 12.1 Å². The average molecular weight is 524 g/mol. The Morgan fingerprint density at radius 3 is 2.58 bits per heavy atom. The van der Waals surface area contributed by atoms with Crippen molar-refractivity contribution in [3.63, 3.8) is 0 Å². The fraction of sp³-hybridized carbons (Fsp3) is 0.259. The van der Waals surface area contributed by atoms with Gasteiger partial charge in [-0.25, -0.2) is 9.37 Å². The van der Waals surface area contributed by atoms with E-state index in [1.807, 2.05) is 0 Å². The van der Waals surface area contributed by atoms with Crippen LogP contribution in [0.15, 0.2) is 60.8 Å². The largest absolute Gasteiger partial charge is 0.474 e. The molecule has 11 heteroatoms. The van der Waals surface area contributed by atoms with Gasteiger partial charge in [-0.15, -0.1) is 0 Å². The van der Waals surface area contributed by atoms with E-state index < -0.39 is 42.3 Å². The molecule has 2 heterocycles. The monoisotopic (exact) mass is 524 g/mol. The van der Waals surface area contributed by atoms with E-state index in [1.165, 1.54) is 42.6 Å². The zero-order valence-corrected chi connectivity index (χ0v) is 19.7. The molecule has 5 rings (SSSR count). The number of amides is 2. The van der Waals surface area contributed by atoms with Crippen molar-refractivity contribution in [2.24, 2.45) is 0 Å². The summed E-state index contributed by atoms with van der Waals surface area (Å²) in [5, 5.41) is 11.7. The molecule has 0 saturated heterocycles. The molecular formula is C27H20F4N4O3. The van der Waals surface area contributed by atoms with Crippen LogP contribution in [0.5, 0.6) is 5.88 Å². The molecule has 2 aliphatic rings.